The minimum absolute atomic E-state index is 1.26. The molecule has 0 aromatic heterocycles. The van der Waals surface area contributed by atoms with E-state index in [-0.39, 0.29) is 0 Å². The molecule has 2 saturated carbocycles. The van der Waals surface area contributed by atoms with Crippen LogP contribution in [0.15, 0.2) is 0 Å². The molecule has 1 heteroatoms. The molecule has 0 saturated heterocycles. The van der Waals surface area contributed by atoms with Crippen molar-refractivity contribution < 1.29 is 0 Å². The SMILES string of the molecule is [CH3][Sn]([CH3])([CH]1CCCC1)[CH]1CCCC1. The van der Waals surface area contributed by atoms with Gasteiger partial charge in [0, 0.05) is 0 Å². The van der Waals surface area contributed by atoms with Gasteiger partial charge < -0.3 is 0 Å². The Morgan fingerprint density at radius 3 is 1.31 bits per heavy atom. The van der Waals surface area contributed by atoms with Crippen molar-refractivity contribution in [2.45, 2.75) is 69.1 Å². The Balaban J connectivity index is 1.99. The van der Waals surface area contributed by atoms with Crippen molar-refractivity contribution in [3.05, 3.63) is 0 Å². The summed E-state index contributed by atoms with van der Waals surface area (Å²) in [7, 11) is 0. The topological polar surface area (TPSA) is 0 Å². The van der Waals surface area contributed by atoms with E-state index in [9.17, 15) is 0 Å². The van der Waals surface area contributed by atoms with Gasteiger partial charge in [0.05, 0.1) is 0 Å². The first-order valence-corrected chi connectivity index (χ1v) is 15.2. The molecule has 0 unspecified atom stereocenters. The van der Waals surface area contributed by atoms with Crippen LogP contribution in [0.4, 0.5) is 0 Å². The van der Waals surface area contributed by atoms with Crippen LogP contribution in [0, 0.1) is 0 Å². The van der Waals surface area contributed by atoms with Gasteiger partial charge in [-0.1, -0.05) is 0 Å². The minimum atomic E-state index is -1.60. The van der Waals surface area contributed by atoms with Gasteiger partial charge in [-0.15, -0.1) is 0 Å². The van der Waals surface area contributed by atoms with Gasteiger partial charge in [0.2, 0.25) is 0 Å². The second-order valence-corrected chi connectivity index (χ2v) is 20.8. The molecule has 2 fully saturated rings. The number of rotatable bonds is 2. The Bertz CT molecular complexity index is 144. The summed E-state index contributed by atoms with van der Waals surface area (Å²) in [6.45, 7) is 0. The van der Waals surface area contributed by atoms with Crippen LogP contribution in [0.25, 0.3) is 0 Å². The molecule has 0 atom stereocenters. The summed E-state index contributed by atoms with van der Waals surface area (Å²) in [4.78, 5) is 5.50. The molecular formula is C12H24Sn. The van der Waals surface area contributed by atoms with Crippen molar-refractivity contribution in [3.63, 3.8) is 0 Å². The van der Waals surface area contributed by atoms with Crippen LogP contribution in [0.5, 0.6) is 0 Å². The maximum absolute atomic E-state index is 2.75. The second kappa shape index (κ2) is 4.12. The number of hydrogen-bond acceptors (Lipinski definition) is 0. The molecule has 0 bridgehead atoms. The summed E-state index contributed by atoms with van der Waals surface area (Å²) < 4.78 is 2.52. The third-order valence-corrected chi connectivity index (χ3v) is 20.1. The first-order valence-electron chi connectivity index (χ1n) is 6.21. The summed E-state index contributed by atoms with van der Waals surface area (Å²) in [5.74, 6) is 0. The molecule has 2 rings (SSSR count). The summed E-state index contributed by atoms with van der Waals surface area (Å²) >= 11 is -1.60. The first-order chi connectivity index (χ1) is 6.21. The van der Waals surface area contributed by atoms with E-state index < -0.39 is 18.4 Å². The van der Waals surface area contributed by atoms with E-state index in [0.717, 1.165) is 0 Å². The van der Waals surface area contributed by atoms with Crippen LogP contribution in [0.2, 0.25) is 17.7 Å². The molecule has 0 N–H and O–H groups in total. The van der Waals surface area contributed by atoms with Crippen molar-refractivity contribution in [2.75, 3.05) is 0 Å². The zero-order valence-corrected chi connectivity index (χ0v) is 12.2. The molecule has 0 nitrogen and oxygen atoms in total. The Morgan fingerprint density at radius 2 is 1.00 bits per heavy atom. The monoisotopic (exact) mass is 288 g/mol. The molecule has 13 heavy (non-hydrogen) atoms. The van der Waals surface area contributed by atoms with Gasteiger partial charge in [-0.2, -0.15) is 0 Å². The molecule has 0 aliphatic heterocycles. The molecule has 0 heterocycles. The van der Waals surface area contributed by atoms with Crippen LogP contribution < -0.4 is 0 Å². The molecule has 2 aliphatic rings. The standard InChI is InChI=1S/2C5H9.2CH3.Sn/c2*1-2-4-5-3-1;;;/h2*1H,2-5H2;2*1H3;. The van der Waals surface area contributed by atoms with Crippen molar-refractivity contribution in [2.24, 2.45) is 0 Å². The van der Waals surface area contributed by atoms with Gasteiger partial charge in [0.25, 0.3) is 0 Å². The van der Waals surface area contributed by atoms with E-state index in [4.69, 9.17) is 0 Å². The van der Waals surface area contributed by atoms with Crippen molar-refractivity contribution in [1.29, 1.82) is 0 Å². The fraction of sp³-hybridized carbons (Fsp3) is 1.00. The Labute approximate surface area is 87.4 Å². The van der Waals surface area contributed by atoms with Gasteiger partial charge in [0.15, 0.2) is 0 Å². The summed E-state index contributed by atoms with van der Waals surface area (Å²) in [6, 6.07) is 0. The second-order valence-electron chi connectivity index (χ2n) is 5.78. The quantitative estimate of drug-likeness (QED) is 0.652. The van der Waals surface area contributed by atoms with Crippen LogP contribution >= 0.6 is 0 Å². The van der Waals surface area contributed by atoms with Crippen molar-refractivity contribution in [3.8, 4) is 0 Å². The molecule has 0 spiro atoms. The summed E-state index contributed by atoms with van der Waals surface area (Å²) in [5, 5.41) is 0. The fourth-order valence-electron chi connectivity index (χ4n) is 3.67. The van der Waals surface area contributed by atoms with Gasteiger partial charge in [-0.25, -0.2) is 0 Å². The summed E-state index contributed by atoms with van der Waals surface area (Å²) in [6.07, 6.45) is 12.7. The van der Waals surface area contributed by atoms with Crippen molar-refractivity contribution in [1.82, 2.24) is 0 Å². The van der Waals surface area contributed by atoms with E-state index in [0.29, 0.717) is 0 Å². The molecule has 76 valence electrons. The Hall–Kier alpha value is 0.799. The average Bonchev–Trinajstić information content (AvgIpc) is 2.78. The van der Waals surface area contributed by atoms with Crippen LogP contribution in [-0.2, 0) is 0 Å². The zero-order chi connectivity index (χ0) is 9.31. The number of hydrogen-bond donors (Lipinski definition) is 0. The van der Waals surface area contributed by atoms with Crippen LogP contribution in [-0.4, -0.2) is 18.4 Å². The Morgan fingerprint density at radius 1 is 0.692 bits per heavy atom. The molecular weight excluding hydrogens is 263 g/mol. The van der Waals surface area contributed by atoms with Crippen molar-refractivity contribution >= 4 is 18.4 Å². The van der Waals surface area contributed by atoms with Gasteiger partial charge in [-0.3, -0.25) is 0 Å². The van der Waals surface area contributed by atoms with E-state index >= 15 is 0 Å². The van der Waals surface area contributed by atoms with Crippen LogP contribution in [0.1, 0.15) is 51.4 Å². The van der Waals surface area contributed by atoms with E-state index in [1.165, 1.54) is 7.87 Å². The molecule has 0 aromatic carbocycles. The van der Waals surface area contributed by atoms with Gasteiger partial charge in [0.1, 0.15) is 0 Å². The summed E-state index contributed by atoms with van der Waals surface area (Å²) in [5.41, 5.74) is 0. The zero-order valence-electron chi connectivity index (χ0n) is 9.31. The maximum atomic E-state index is 2.75. The predicted molar refractivity (Wildman–Crippen MR) is 61.9 cm³/mol. The molecule has 0 aromatic rings. The molecule has 2 aliphatic carbocycles. The van der Waals surface area contributed by atoms with Gasteiger partial charge >= 0.3 is 87.5 Å². The van der Waals surface area contributed by atoms with E-state index in [1.54, 1.807) is 51.4 Å². The normalized spacial score (nSPS) is 27.2. The van der Waals surface area contributed by atoms with E-state index in [2.05, 4.69) is 9.88 Å². The Kier molecular flexibility index (Phi) is 3.27. The van der Waals surface area contributed by atoms with Crippen LogP contribution in [0.3, 0.4) is 0 Å². The molecule has 0 radical (unpaired) electrons. The predicted octanol–water partition coefficient (Wildman–Crippen LogP) is 4.58. The first kappa shape index (κ1) is 10.3. The third-order valence-electron chi connectivity index (χ3n) is 4.81. The van der Waals surface area contributed by atoms with E-state index in [1.807, 2.05) is 0 Å². The third kappa shape index (κ3) is 2.08. The van der Waals surface area contributed by atoms with Gasteiger partial charge in [-0.05, 0) is 0 Å². The average molecular weight is 287 g/mol. The fourth-order valence-corrected chi connectivity index (χ4v) is 16.4. The molecule has 0 amide bonds.